The molecule has 29 heavy (non-hydrogen) atoms. The zero-order valence-electron chi connectivity index (χ0n) is 15.7. The van der Waals surface area contributed by atoms with Gasteiger partial charge in [-0.1, -0.05) is 0 Å². The van der Waals surface area contributed by atoms with Crippen molar-refractivity contribution in [2.45, 2.75) is 32.0 Å². The summed E-state index contributed by atoms with van der Waals surface area (Å²) in [6.45, 7) is 1.18. The van der Waals surface area contributed by atoms with Gasteiger partial charge in [-0.05, 0) is 18.6 Å². The van der Waals surface area contributed by atoms with Gasteiger partial charge in [-0.15, -0.1) is 0 Å². The monoisotopic (exact) mass is 412 g/mol. The molecule has 1 atom stereocenters. The minimum absolute atomic E-state index is 0.0370. The molecule has 1 aromatic carbocycles. The van der Waals surface area contributed by atoms with E-state index in [1.807, 2.05) is 0 Å². The first-order valence-electron chi connectivity index (χ1n) is 8.62. The van der Waals surface area contributed by atoms with E-state index in [4.69, 9.17) is 10.5 Å². The van der Waals surface area contributed by atoms with Gasteiger partial charge < -0.3 is 21.1 Å². The van der Waals surface area contributed by atoms with Gasteiger partial charge in [-0.3, -0.25) is 4.68 Å². The Morgan fingerprint density at radius 1 is 1.34 bits per heavy atom. The Labute approximate surface area is 164 Å². The summed E-state index contributed by atoms with van der Waals surface area (Å²) in [7, 11) is 1.28. The third-order valence-corrected chi connectivity index (χ3v) is 4.39. The van der Waals surface area contributed by atoms with Crippen LogP contribution in [0.4, 0.5) is 23.2 Å². The molecule has 0 aliphatic carbocycles. The lowest BCUT2D eigenvalue weighted by atomic mass is 9.93. The first kappa shape index (κ1) is 20.6. The molecule has 2 heterocycles. The van der Waals surface area contributed by atoms with Gasteiger partial charge in [0.15, 0.2) is 11.6 Å². The Morgan fingerprint density at radius 2 is 2.10 bits per heavy atom. The fourth-order valence-corrected chi connectivity index (χ4v) is 2.93. The number of aliphatic imine (C=N–C) groups is 1. The van der Waals surface area contributed by atoms with Crippen LogP contribution in [0, 0.1) is 11.6 Å². The number of aromatic nitrogens is 2. The largest absolute Gasteiger partial charge is 0.493 e. The SMILES string of the molecule is COc1c(F)cc(F)cc1CC1(N)N=C(Nc2cnn(CC(F)F)c2)NC=C1C. The van der Waals surface area contributed by atoms with Gasteiger partial charge in [0.25, 0.3) is 6.43 Å². The average Bonchev–Trinajstić information content (AvgIpc) is 3.04. The van der Waals surface area contributed by atoms with Crippen LogP contribution in [0.2, 0.25) is 0 Å². The average molecular weight is 412 g/mol. The number of benzene rings is 1. The molecule has 0 bridgehead atoms. The fraction of sp³-hybridized carbons (Fsp3) is 0.333. The summed E-state index contributed by atoms with van der Waals surface area (Å²) in [5, 5.41) is 9.61. The summed E-state index contributed by atoms with van der Waals surface area (Å²) in [5.41, 5.74) is 6.35. The zero-order valence-corrected chi connectivity index (χ0v) is 15.7. The molecule has 0 radical (unpaired) electrons. The molecule has 3 rings (SSSR count). The summed E-state index contributed by atoms with van der Waals surface area (Å²) in [4.78, 5) is 4.41. The maximum absolute atomic E-state index is 14.0. The molecule has 1 aliphatic heterocycles. The zero-order chi connectivity index (χ0) is 21.2. The highest BCUT2D eigenvalue weighted by atomic mass is 19.3. The van der Waals surface area contributed by atoms with Crippen molar-refractivity contribution < 1.29 is 22.3 Å². The van der Waals surface area contributed by atoms with Gasteiger partial charge in [0.1, 0.15) is 18.0 Å². The molecule has 0 fully saturated rings. The van der Waals surface area contributed by atoms with Gasteiger partial charge >= 0.3 is 0 Å². The van der Waals surface area contributed by atoms with Crippen LogP contribution in [0.5, 0.6) is 5.75 Å². The summed E-state index contributed by atoms with van der Waals surface area (Å²) in [5.74, 6) is -1.48. The number of hydrogen-bond acceptors (Lipinski definition) is 6. The van der Waals surface area contributed by atoms with E-state index in [0.29, 0.717) is 11.3 Å². The second kappa shape index (κ2) is 8.11. The van der Waals surface area contributed by atoms with E-state index in [0.717, 1.165) is 16.8 Å². The highest BCUT2D eigenvalue weighted by molar-refractivity contribution is 5.95. The molecular formula is C18H20F4N6O. The summed E-state index contributed by atoms with van der Waals surface area (Å²) in [6, 6.07) is 1.87. The Bertz CT molecular complexity index is 958. The smallest absolute Gasteiger partial charge is 0.257 e. The van der Waals surface area contributed by atoms with Crippen LogP contribution in [0.15, 0.2) is 41.3 Å². The first-order valence-corrected chi connectivity index (χ1v) is 8.62. The Hall–Kier alpha value is -3.08. The van der Waals surface area contributed by atoms with Crippen LogP contribution in [-0.2, 0) is 13.0 Å². The van der Waals surface area contributed by atoms with Crippen LogP contribution in [0.3, 0.4) is 0 Å². The van der Waals surface area contributed by atoms with E-state index in [1.54, 1.807) is 13.1 Å². The van der Waals surface area contributed by atoms with Crippen molar-refractivity contribution in [1.82, 2.24) is 15.1 Å². The number of methoxy groups -OCH3 is 1. The lowest BCUT2D eigenvalue weighted by Crippen LogP contribution is -2.48. The maximum Gasteiger partial charge on any atom is 0.257 e. The molecule has 7 nitrogen and oxygen atoms in total. The highest BCUT2D eigenvalue weighted by Gasteiger charge is 2.32. The molecule has 156 valence electrons. The number of ether oxygens (including phenoxy) is 1. The Balaban J connectivity index is 1.84. The van der Waals surface area contributed by atoms with Gasteiger partial charge in [0.2, 0.25) is 5.96 Å². The van der Waals surface area contributed by atoms with Crippen molar-refractivity contribution in [1.29, 1.82) is 0 Å². The van der Waals surface area contributed by atoms with Gasteiger partial charge in [0, 0.05) is 30.4 Å². The Kier molecular flexibility index (Phi) is 5.78. The molecule has 4 N–H and O–H groups in total. The predicted molar refractivity (Wildman–Crippen MR) is 99.7 cm³/mol. The number of alkyl halides is 2. The molecule has 0 saturated heterocycles. The predicted octanol–water partition coefficient (Wildman–Crippen LogP) is 2.61. The van der Waals surface area contributed by atoms with Gasteiger partial charge in [-0.2, -0.15) is 5.10 Å². The van der Waals surface area contributed by atoms with E-state index >= 15 is 0 Å². The number of guanidine groups is 1. The van der Waals surface area contributed by atoms with Crippen LogP contribution in [0.1, 0.15) is 12.5 Å². The van der Waals surface area contributed by atoms with Crippen LogP contribution >= 0.6 is 0 Å². The van der Waals surface area contributed by atoms with Crippen molar-refractivity contribution in [3.05, 3.63) is 53.5 Å². The summed E-state index contributed by atoms with van der Waals surface area (Å²) >= 11 is 0. The highest BCUT2D eigenvalue weighted by Crippen LogP contribution is 2.31. The number of halogens is 4. The quantitative estimate of drug-likeness (QED) is 0.635. The number of rotatable bonds is 6. The van der Waals surface area contributed by atoms with Gasteiger partial charge in [-0.25, -0.2) is 22.6 Å². The molecule has 1 unspecified atom stereocenters. The number of nitrogens with two attached hydrogens (primary N) is 1. The number of anilines is 1. The second-order valence-corrected chi connectivity index (χ2v) is 6.58. The molecule has 0 spiro atoms. The normalized spacial score (nSPS) is 18.9. The minimum Gasteiger partial charge on any atom is -0.493 e. The lowest BCUT2D eigenvalue weighted by molar-refractivity contribution is 0.122. The van der Waals surface area contributed by atoms with E-state index in [9.17, 15) is 17.6 Å². The summed E-state index contributed by atoms with van der Waals surface area (Å²) in [6.07, 6.45) is 1.79. The van der Waals surface area contributed by atoms with Crippen LogP contribution in [0.25, 0.3) is 0 Å². The molecule has 1 aliphatic rings. The van der Waals surface area contributed by atoms with Crippen molar-refractivity contribution in [2.75, 3.05) is 12.4 Å². The topological polar surface area (TPSA) is 89.5 Å². The first-order chi connectivity index (χ1) is 13.7. The van der Waals surface area contributed by atoms with Crippen molar-refractivity contribution in [3.63, 3.8) is 0 Å². The van der Waals surface area contributed by atoms with Crippen molar-refractivity contribution in [2.24, 2.45) is 10.7 Å². The van der Waals surface area contributed by atoms with Crippen LogP contribution < -0.4 is 21.1 Å². The molecular weight excluding hydrogens is 392 g/mol. The minimum atomic E-state index is -2.53. The standard InChI is InChI=1S/C18H20F4N6O/c1-10-6-24-17(26-13-7-25-28(8-13)9-15(21)22)27-18(10,23)5-11-3-12(19)4-14(20)16(11)29-2/h3-4,6-8,15H,5,9,23H2,1-2H3,(H2,24,26,27). The van der Waals surface area contributed by atoms with Crippen molar-refractivity contribution >= 4 is 11.6 Å². The fourth-order valence-electron chi connectivity index (χ4n) is 2.93. The molecule has 0 amide bonds. The van der Waals surface area contributed by atoms with Crippen molar-refractivity contribution in [3.8, 4) is 5.75 Å². The third-order valence-electron chi connectivity index (χ3n) is 4.39. The number of hydrogen-bond donors (Lipinski definition) is 3. The lowest BCUT2D eigenvalue weighted by Gasteiger charge is -2.31. The Morgan fingerprint density at radius 3 is 2.79 bits per heavy atom. The van der Waals surface area contributed by atoms with Gasteiger partial charge in [0.05, 0.1) is 19.0 Å². The second-order valence-electron chi connectivity index (χ2n) is 6.58. The number of nitrogens with zero attached hydrogens (tertiary/aromatic N) is 3. The molecule has 0 saturated carbocycles. The molecule has 11 heteroatoms. The van der Waals surface area contributed by atoms with E-state index < -0.39 is 30.3 Å². The van der Waals surface area contributed by atoms with E-state index in [-0.39, 0.29) is 23.7 Å². The number of nitrogens with one attached hydrogen (secondary N) is 2. The van der Waals surface area contributed by atoms with E-state index in [2.05, 4.69) is 20.7 Å². The summed E-state index contributed by atoms with van der Waals surface area (Å²) < 4.78 is 58.7. The third kappa shape index (κ3) is 4.67. The van der Waals surface area contributed by atoms with E-state index in [1.165, 1.54) is 19.5 Å². The maximum atomic E-state index is 14.0. The molecule has 1 aromatic heterocycles. The molecule has 2 aromatic rings. The van der Waals surface area contributed by atoms with Crippen LogP contribution in [-0.4, -0.2) is 34.9 Å².